The summed E-state index contributed by atoms with van der Waals surface area (Å²) in [4.78, 5) is 0. The third kappa shape index (κ3) is 4.71. The van der Waals surface area contributed by atoms with Gasteiger partial charge in [-0.1, -0.05) is 60.5 Å². The lowest BCUT2D eigenvalue weighted by Crippen LogP contribution is -2.14. The second-order valence-corrected chi connectivity index (χ2v) is 6.02. The third-order valence-electron chi connectivity index (χ3n) is 4.27. The minimum atomic E-state index is 0.501. The molecule has 21 heavy (non-hydrogen) atoms. The molecule has 0 saturated heterocycles. The lowest BCUT2D eigenvalue weighted by molar-refractivity contribution is 0.575. The number of aryl methyl sites for hydroxylation is 3. The molecule has 0 amide bonds. The van der Waals surface area contributed by atoms with Gasteiger partial charge in [-0.05, 0) is 62.3 Å². The van der Waals surface area contributed by atoms with Crippen molar-refractivity contribution in [2.75, 3.05) is 6.54 Å². The van der Waals surface area contributed by atoms with E-state index in [1.807, 2.05) is 0 Å². The van der Waals surface area contributed by atoms with Crippen LogP contribution in [-0.4, -0.2) is 6.54 Å². The van der Waals surface area contributed by atoms with Crippen LogP contribution in [0.15, 0.2) is 48.5 Å². The van der Waals surface area contributed by atoms with E-state index < -0.39 is 0 Å². The number of hydrogen-bond acceptors (Lipinski definition) is 1. The molecule has 2 aromatic carbocycles. The Morgan fingerprint density at radius 2 is 1.71 bits per heavy atom. The Kier molecular flexibility index (Phi) is 6.01. The van der Waals surface area contributed by atoms with Gasteiger partial charge < -0.3 is 5.73 Å². The smallest absolute Gasteiger partial charge is 0.000813 e. The largest absolute Gasteiger partial charge is 0.330 e. The first-order valence-electron chi connectivity index (χ1n) is 8.02. The Balaban J connectivity index is 1.86. The van der Waals surface area contributed by atoms with Crippen molar-refractivity contribution in [3.8, 4) is 0 Å². The summed E-state index contributed by atoms with van der Waals surface area (Å²) in [5.74, 6) is 0.501. The van der Waals surface area contributed by atoms with Gasteiger partial charge in [0.1, 0.15) is 0 Å². The van der Waals surface area contributed by atoms with Gasteiger partial charge in [0.25, 0.3) is 0 Å². The van der Waals surface area contributed by atoms with Gasteiger partial charge in [-0.25, -0.2) is 0 Å². The van der Waals surface area contributed by atoms with Crippen LogP contribution in [0, 0.1) is 13.8 Å². The van der Waals surface area contributed by atoms with Gasteiger partial charge in [-0.3, -0.25) is 0 Å². The molecule has 1 nitrogen and oxygen atoms in total. The van der Waals surface area contributed by atoms with Crippen LogP contribution in [0.5, 0.6) is 0 Å². The summed E-state index contributed by atoms with van der Waals surface area (Å²) in [6.07, 6.45) is 4.84. The topological polar surface area (TPSA) is 26.0 Å². The molecule has 0 aliphatic rings. The Bertz CT molecular complexity index is 545. The van der Waals surface area contributed by atoms with E-state index in [2.05, 4.69) is 62.4 Å². The lowest BCUT2D eigenvalue weighted by atomic mass is 9.89. The summed E-state index contributed by atoms with van der Waals surface area (Å²) in [6.45, 7) is 5.10. The summed E-state index contributed by atoms with van der Waals surface area (Å²) < 4.78 is 0. The van der Waals surface area contributed by atoms with Crippen LogP contribution in [0.1, 0.15) is 47.4 Å². The molecular weight excluding hydrogens is 254 g/mol. The molecule has 2 N–H and O–H groups in total. The van der Waals surface area contributed by atoms with Crippen molar-refractivity contribution in [1.29, 1.82) is 0 Å². The average Bonchev–Trinajstić information content (AvgIpc) is 2.51. The molecule has 1 unspecified atom stereocenters. The molecule has 0 heterocycles. The minimum absolute atomic E-state index is 0.501. The van der Waals surface area contributed by atoms with Gasteiger partial charge >= 0.3 is 0 Å². The average molecular weight is 281 g/mol. The first-order chi connectivity index (χ1) is 10.2. The molecule has 0 aliphatic heterocycles. The van der Waals surface area contributed by atoms with Crippen LogP contribution in [0.3, 0.4) is 0 Å². The zero-order valence-corrected chi connectivity index (χ0v) is 13.3. The monoisotopic (exact) mass is 281 g/mol. The first kappa shape index (κ1) is 15.8. The van der Waals surface area contributed by atoms with Crippen molar-refractivity contribution < 1.29 is 0 Å². The maximum Gasteiger partial charge on any atom is -0.000813 e. The van der Waals surface area contributed by atoms with E-state index >= 15 is 0 Å². The molecule has 2 rings (SSSR count). The predicted molar refractivity (Wildman–Crippen MR) is 91.7 cm³/mol. The van der Waals surface area contributed by atoms with Crippen molar-refractivity contribution >= 4 is 0 Å². The quantitative estimate of drug-likeness (QED) is 0.728. The summed E-state index contributed by atoms with van der Waals surface area (Å²) in [5, 5.41) is 0. The van der Waals surface area contributed by atoms with E-state index in [-0.39, 0.29) is 0 Å². The minimum Gasteiger partial charge on any atom is -0.330 e. The number of nitrogens with two attached hydrogens (primary N) is 1. The van der Waals surface area contributed by atoms with Crippen LogP contribution >= 0.6 is 0 Å². The molecule has 0 aliphatic carbocycles. The van der Waals surface area contributed by atoms with Gasteiger partial charge in [0, 0.05) is 0 Å². The van der Waals surface area contributed by atoms with Gasteiger partial charge in [0.2, 0.25) is 0 Å². The molecule has 1 heteroatoms. The van der Waals surface area contributed by atoms with Gasteiger partial charge in [-0.15, -0.1) is 0 Å². The molecule has 112 valence electrons. The zero-order chi connectivity index (χ0) is 15.1. The molecule has 0 fully saturated rings. The molecular formula is C20H27N. The standard InChI is InChI=1S/C20H27N/c1-16-12-13-17(2)20(14-16)19(15-21)11-7-6-10-18-8-4-3-5-9-18/h3-5,8-9,12-14,19H,6-7,10-11,15,21H2,1-2H3. The Labute approximate surface area is 129 Å². The van der Waals surface area contributed by atoms with Crippen LogP contribution in [0.4, 0.5) is 0 Å². The van der Waals surface area contributed by atoms with Crippen LogP contribution < -0.4 is 5.73 Å². The fourth-order valence-corrected chi connectivity index (χ4v) is 2.96. The van der Waals surface area contributed by atoms with Crippen LogP contribution in [0.25, 0.3) is 0 Å². The molecule has 0 aromatic heterocycles. The maximum atomic E-state index is 6.02. The molecule has 0 bridgehead atoms. The Morgan fingerprint density at radius 3 is 2.43 bits per heavy atom. The molecule has 0 radical (unpaired) electrons. The van der Waals surface area contributed by atoms with Crippen LogP contribution in [-0.2, 0) is 6.42 Å². The van der Waals surface area contributed by atoms with Gasteiger partial charge in [-0.2, -0.15) is 0 Å². The first-order valence-corrected chi connectivity index (χ1v) is 8.02. The van der Waals surface area contributed by atoms with E-state index in [9.17, 15) is 0 Å². The predicted octanol–water partition coefficient (Wildman–Crippen LogP) is 4.76. The van der Waals surface area contributed by atoms with Gasteiger partial charge in [0.15, 0.2) is 0 Å². The van der Waals surface area contributed by atoms with E-state index in [1.165, 1.54) is 47.9 Å². The lowest BCUT2D eigenvalue weighted by Gasteiger charge is -2.18. The fraction of sp³-hybridized carbons (Fsp3) is 0.400. The summed E-state index contributed by atoms with van der Waals surface area (Å²) in [6, 6.07) is 17.5. The van der Waals surface area contributed by atoms with Crippen molar-refractivity contribution in [3.63, 3.8) is 0 Å². The number of unbranched alkanes of at least 4 members (excludes halogenated alkanes) is 1. The molecule has 0 saturated carbocycles. The highest BCUT2D eigenvalue weighted by Crippen LogP contribution is 2.25. The van der Waals surface area contributed by atoms with Crippen molar-refractivity contribution in [1.82, 2.24) is 0 Å². The molecule has 1 atom stereocenters. The number of rotatable bonds is 7. The second-order valence-electron chi connectivity index (χ2n) is 6.02. The summed E-state index contributed by atoms with van der Waals surface area (Å²) >= 11 is 0. The Hall–Kier alpha value is -1.60. The van der Waals surface area contributed by atoms with E-state index in [0.29, 0.717) is 5.92 Å². The number of benzene rings is 2. The van der Waals surface area contributed by atoms with E-state index in [0.717, 1.165) is 6.54 Å². The fourth-order valence-electron chi connectivity index (χ4n) is 2.96. The van der Waals surface area contributed by atoms with Gasteiger partial charge in [0.05, 0.1) is 0 Å². The van der Waals surface area contributed by atoms with Crippen LogP contribution in [0.2, 0.25) is 0 Å². The zero-order valence-electron chi connectivity index (χ0n) is 13.3. The molecule has 2 aromatic rings. The van der Waals surface area contributed by atoms with Crippen molar-refractivity contribution in [3.05, 3.63) is 70.8 Å². The number of hydrogen-bond donors (Lipinski definition) is 1. The second kappa shape index (κ2) is 7.99. The summed E-state index contributed by atoms with van der Waals surface area (Å²) in [7, 11) is 0. The van der Waals surface area contributed by atoms with Crippen molar-refractivity contribution in [2.45, 2.75) is 45.4 Å². The SMILES string of the molecule is Cc1ccc(C)c(C(CN)CCCCc2ccccc2)c1. The van der Waals surface area contributed by atoms with E-state index in [1.54, 1.807) is 0 Å². The highest BCUT2D eigenvalue weighted by molar-refractivity contribution is 5.33. The third-order valence-corrected chi connectivity index (χ3v) is 4.27. The highest BCUT2D eigenvalue weighted by Gasteiger charge is 2.12. The highest BCUT2D eigenvalue weighted by atomic mass is 14.5. The van der Waals surface area contributed by atoms with Crippen molar-refractivity contribution in [2.24, 2.45) is 5.73 Å². The Morgan fingerprint density at radius 1 is 0.952 bits per heavy atom. The van der Waals surface area contributed by atoms with E-state index in [4.69, 9.17) is 5.73 Å². The molecule has 0 spiro atoms. The normalized spacial score (nSPS) is 12.3. The maximum absolute atomic E-state index is 6.02. The summed E-state index contributed by atoms with van der Waals surface area (Å²) in [5.41, 5.74) is 11.6.